The average Bonchev–Trinajstić information content (AvgIpc) is 3.83. The van der Waals surface area contributed by atoms with Crippen LogP contribution >= 0.6 is 0 Å². The number of hydrogen-bond donors (Lipinski definition) is 2. The highest BCUT2D eigenvalue weighted by atomic mass is 16.5. The highest BCUT2D eigenvalue weighted by molar-refractivity contribution is 5.94. The second-order valence-corrected chi connectivity index (χ2v) is 17.5. The standard InChI is InChI=1S/C23H23N5O.C10H13NO2.C8H10N4.C8H12N2.C8H11NO/c1-15-10-11-24-17(3)20(15)7-9-23(29)22-14-28(27-26-22)13-18-5-8-21-19(12-18)6-4-16(2)25-21;1-4-13-10(12)9-7(2)5-6-11-8(9)3;1-6-3-4-10-7(2)8(6)5-11-12-9;1-6-3-4-10-7(2)8(6)5-9;1-6-3-4-9-7(2)8(6)5-10/h4-6,8,10-12,14H,7,9,13H2,1-3H3;5-6H,4H2,1-3H3;3-4H,5H2,1-2H3;3-4H,5,9H2,1-2H3;3-4,10H,5H2,1-2H3. The van der Waals surface area contributed by atoms with Crippen molar-refractivity contribution < 1.29 is 19.4 Å². The highest BCUT2D eigenvalue weighted by Crippen LogP contribution is 2.18. The molecule has 8 rings (SSSR count). The maximum atomic E-state index is 12.6. The van der Waals surface area contributed by atoms with E-state index in [1.807, 2.05) is 111 Å². The Morgan fingerprint density at radius 2 is 1.20 bits per heavy atom. The Labute approximate surface area is 434 Å². The molecule has 1 aromatic carbocycles. The zero-order valence-electron chi connectivity index (χ0n) is 44.8. The normalized spacial score (nSPS) is 10.2. The molecule has 0 radical (unpaired) electrons. The molecule has 17 heteroatoms. The summed E-state index contributed by atoms with van der Waals surface area (Å²) in [6, 6.07) is 19.8. The van der Waals surface area contributed by atoms with Gasteiger partial charge in [-0.2, -0.15) is 0 Å². The summed E-state index contributed by atoms with van der Waals surface area (Å²) in [7, 11) is 0. The number of aliphatic hydroxyl groups is 1. The lowest BCUT2D eigenvalue weighted by Gasteiger charge is -2.07. The number of azide groups is 1. The third-order valence-corrected chi connectivity index (χ3v) is 12.2. The van der Waals surface area contributed by atoms with Gasteiger partial charge in [-0.3, -0.25) is 34.7 Å². The third kappa shape index (κ3) is 17.3. The van der Waals surface area contributed by atoms with E-state index in [-0.39, 0.29) is 18.4 Å². The van der Waals surface area contributed by atoms with E-state index in [1.165, 1.54) is 11.1 Å². The SMILES string of the molecule is CCOC(=O)c1c(C)ccnc1C.Cc1ccc2cc(Cn3cc(C(=O)CCc4c(C)ccnc4C)nn3)ccc2n1.Cc1ccnc(C)c1CN.Cc1ccnc(C)c1CN=[N+]=[N-].Cc1ccnc(C)c1CO. The summed E-state index contributed by atoms with van der Waals surface area (Å²) in [6.45, 7) is 25.3. The number of nitrogens with two attached hydrogens (primary N) is 1. The van der Waals surface area contributed by atoms with Gasteiger partial charge in [-0.25, -0.2) is 9.48 Å². The minimum atomic E-state index is -0.286. The molecule has 0 aliphatic rings. The maximum absolute atomic E-state index is 12.6. The molecule has 386 valence electrons. The first-order chi connectivity index (χ1) is 35.4. The topological polar surface area (TPSA) is 246 Å². The van der Waals surface area contributed by atoms with Crippen molar-refractivity contribution in [2.45, 2.75) is 122 Å². The van der Waals surface area contributed by atoms with Crippen molar-refractivity contribution in [3.05, 3.63) is 209 Å². The molecule has 0 saturated heterocycles. The summed E-state index contributed by atoms with van der Waals surface area (Å²) < 4.78 is 6.62. The van der Waals surface area contributed by atoms with Crippen LogP contribution in [0.4, 0.5) is 0 Å². The molecular formula is C57H69N13O4. The van der Waals surface area contributed by atoms with E-state index in [4.69, 9.17) is 21.1 Å². The molecule has 8 aromatic rings. The molecule has 0 amide bonds. The lowest BCUT2D eigenvalue weighted by molar-refractivity contribution is 0.0524. The number of rotatable bonds is 12. The Morgan fingerprint density at radius 1 is 0.676 bits per heavy atom. The molecule has 0 aliphatic carbocycles. The van der Waals surface area contributed by atoms with Gasteiger partial charge in [0.15, 0.2) is 5.78 Å². The zero-order valence-corrected chi connectivity index (χ0v) is 44.8. The summed E-state index contributed by atoms with van der Waals surface area (Å²) in [5.41, 5.74) is 32.1. The molecule has 7 aromatic heterocycles. The van der Waals surface area contributed by atoms with Gasteiger partial charge in [0.25, 0.3) is 0 Å². The fourth-order valence-electron chi connectivity index (χ4n) is 7.80. The number of pyridine rings is 6. The molecule has 74 heavy (non-hydrogen) atoms. The van der Waals surface area contributed by atoms with E-state index in [2.05, 4.69) is 69.3 Å². The number of ether oxygens (including phenoxy) is 1. The van der Waals surface area contributed by atoms with Gasteiger partial charge >= 0.3 is 5.97 Å². The van der Waals surface area contributed by atoms with E-state index >= 15 is 0 Å². The van der Waals surface area contributed by atoms with Crippen LogP contribution in [0, 0.1) is 76.2 Å². The Balaban J connectivity index is 0.000000220. The quantitative estimate of drug-likeness (QED) is 0.0381. The predicted octanol–water partition coefficient (Wildman–Crippen LogP) is 10.7. The van der Waals surface area contributed by atoms with Crippen LogP contribution in [0.1, 0.15) is 124 Å². The first-order valence-electron chi connectivity index (χ1n) is 24.3. The Hall–Kier alpha value is -8.11. The lowest BCUT2D eigenvalue weighted by atomic mass is 10.0. The number of esters is 1. The number of benzene rings is 1. The first-order valence-corrected chi connectivity index (χ1v) is 24.3. The molecular weight excluding hydrogens is 931 g/mol. The first kappa shape index (κ1) is 58.5. The lowest BCUT2D eigenvalue weighted by Crippen LogP contribution is -2.09. The fourth-order valence-corrected chi connectivity index (χ4v) is 7.80. The zero-order chi connectivity index (χ0) is 54.3. The summed E-state index contributed by atoms with van der Waals surface area (Å²) in [5, 5.41) is 21.7. The number of carbonyl (C=O) groups excluding carboxylic acids is 2. The van der Waals surface area contributed by atoms with Gasteiger partial charge in [-0.1, -0.05) is 22.5 Å². The summed E-state index contributed by atoms with van der Waals surface area (Å²) in [6.07, 6.45) is 11.6. The molecule has 0 fully saturated rings. The van der Waals surface area contributed by atoms with Crippen molar-refractivity contribution in [2.75, 3.05) is 6.61 Å². The van der Waals surface area contributed by atoms with Crippen LogP contribution in [0.5, 0.6) is 0 Å². The number of aromatic nitrogens is 9. The van der Waals surface area contributed by atoms with Gasteiger partial charge in [-0.15, -0.1) is 5.10 Å². The number of Topliss-reactive ketones (excluding diaryl/α,β-unsaturated/α-hetero) is 1. The number of ketones is 1. The number of hydrogen-bond acceptors (Lipinski definition) is 14. The van der Waals surface area contributed by atoms with Crippen molar-refractivity contribution in [1.82, 2.24) is 44.9 Å². The third-order valence-electron chi connectivity index (χ3n) is 12.2. The molecule has 0 saturated carbocycles. The number of aliphatic hydroxyl groups excluding tert-OH is 1. The number of carbonyl (C=O) groups is 2. The van der Waals surface area contributed by atoms with E-state index < -0.39 is 0 Å². The van der Waals surface area contributed by atoms with Crippen LogP contribution in [0.25, 0.3) is 21.3 Å². The molecule has 0 unspecified atom stereocenters. The van der Waals surface area contributed by atoms with Crippen molar-refractivity contribution in [3.8, 4) is 0 Å². The molecule has 0 atom stereocenters. The Morgan fingerprint density at radius 3 is 1.69 bits per heavy atom. The molecule has 0 aliphatic heterocycles. The van der Waals surface area contributed by atoms with Crippen LogP contribution in [0.3, 0.4) is 0 Å². The van der Waals surface area contributed by atoms with Gasteiger partial charge < -0.3 is 15.6 Å². The van der Waals surface area contributed by atoms with Crippen LogP contribution in [0.2, 0.25) is 0 Å². The van der Waals surface area contributed by atoms with Crippen molar-refractivity contribution in [3.63, 3.8) is 0 Å². The van der Waals surface area contributed by atoms with Gasteiger partial charge in [0.2, 0.25) is 0 Å². The maximum Gasteiger partial charge on any atom is 0.340 e. The highest BCUT2D eigenvalue weighted by Gasteiger charge is 2.15. The Bertz CT molecular complexity index is 3050. The Kier molecular flexibility index (Phi) is 23.2. The number of nitrogens with zero attached hydrogens (tertiary/aromatic N) is 12. The number of fused-ring (bicyclic) bond motifs is 1. The molecule has 3 N–H and O–H groups in total. The van der Waals surface area contributed by atoms with E-state index in [9.17, 15) is 9.59 Å². The molecule has 17 nitrogen and oxygen atoms in total. The van der Waals surface area contributed by atoms with Crippen LogP contribution in [-0.2, 0) is 37.4 Å². The van der Waals surface area contributed by atoms with Crippen molar-refractivity contribution >= 4 is 22.7 Å². The van der Waals surface area contributed by atoms with Crippen LogP contribution in [0.15, 0.2) is 103 Å². The summed E-state index contributed by atoms with van der Waals surface area (Å²) in [4.78, 5) is 51.9. The molecule has 7 heterocycles. The molecule has 0 bridgehead atoms. The van der Waals surface area contributed by atoms with Gasteiger partial charge in [-0.05, 0) is 194 Å². The second kappa shape index (κ2) is 29.4. The smallest absolute Gasteiger partial charge is 0.340 e. The molecule has 0 spiro atoms. The average molecular weight is 1000 g/mol. The predicted molar refractivity (Wildman–Crippen MR) is 289 cm³/mol. The van der Waals surface area contributed by atoms with Gasteiger partial charge in [0.1, 0.15) is 5.69 Å². The van der Waals surface area contributed by atoms with Crippen molar-refractivity contribution in [1.29, 1.82) is 0 Å². The van der Waals surface area contributed by atoms with E-state index in [0.29, 0.717) is 50.3 Å². The van der Waals surface area contributed by atoms with Crippen LogP contribution < -0.4 is 5.73 Å². The second-order valence-electron chi connectivity index (χ2n) is 17.5. The monoisotopic (exact) mass is 1000 g/mol. The van der Waals surface area contributed by atoms with Crippen LogP contribution in [-0.4, -0.2) is 68.4 Å². The van der Waals surface area contributed by atoms with Crippen molar-refractivity contribution in [2.24, 2.45) is 10.8 Å². The largest absolute Gasteiger partial charge is 0.462 e. The minimum Gasteiger partial charge on any atom is -0.462 e. The minimum absolute atomic E-state index is 0.00269. The van der Waals surface area contributed by atoms with E-state index in [1.54, 1.807) is 55.6 Å². The summed E-state index contributed by atoms with van der Waals surface area (Å²) >= 11 is 0. The fraction of sp³-hybridized carbons (Fsp3) is 0.333. The number of aryl methyl sites for hydroxylation is 11. The summed E-state index contributed by atoms with van der Waals surface area (Å²) in [5.74, 6) is -0.289. The van der Waals surface area contributed by atoms with Gasteiger partial charge in [0, 0.05) is 88.3 Å². The van der Waals surface area contributed by atoms with E-state index in [0.717, 1.165) is 89.6 Å². The van der Waals surface area contributed by atoms with Gasteiger partial charge in [0.05, 0.1) is 49.3 Å².